The van der Waals surface area contributed by atoms with E-state index in [1.165, 1.54) is 16.3 Å². The zero-order valence-corrected chi connectivity index (χ0v) is 35.0. The number of nitrogens with one attached hydrogen (secondary N) is 3. The number of aliphatic hydroxyl groups excluding tert-OH is 1. The van der Waals surface area contributed by atoms with Crippen LogP contribution in [0.25, 0.3) is 10.6 Å². The molecule has 0 aliphatic carbocycles. The number of amides is 5. The first-order valence-corrected chi connectivity index (χ1v) is 20.2. The fourth-order valence-corrected chi connectivity index (χ4v) is 7.81. The van der Waals surface area contributed by atoms with Crippen LogP contribution >= 0.6 is 11.3 Å². The molecule has 4 aromatic rings. The molecule has 0 radical (unpaired) electrons. The predicted molar refractivity (Wildman–Crippen MR) is 221 cm³/mol. The summed E-state index contributed by atoms with van der Waals surface area (Å²) in [5.41, 5.74) is 5.22. The Hall–Kier alpha value is -5.45. The van der Waals surface area contributed by atoms with Gasteiger partial charge >= 0.3 is 12.1 Å². The number of aromatic nitrogens is 3. The van der Waals surface area contributed by atoms with Gasteiger partial charge < -0.3 is 30.6 Å². The quantitative estimate of drug-likeness (QED) is 0.0976. The van der Waals surface area contributed by atoms with Gasteiger partial charge in [-0.3, -0.25) is 25.0 Å². The van der Waals surface area contributed by atoms with Crippen LogP contribution in [0.3, 0.4) is 0 Å². The highest BCUT2D eigenvalue weighted by Crippen LogP contribution is 2.29. The van der Waals surface area contributed by atoms with Crippen molar-refractivity contribution in [3.05, 3.63) is 101 Å². The number of benzene rings is 1. The Morgan fingerprint density at radius 2 is 1.64 bits per heavy atom. The minimum atomic E-state index is -1.35. The Balaban J connectivity index is 1.41. The van der Waals surface area contributed by atoms with Gasteiger partial charge in [0.05, 0.1) is 36.6 Å². The van der Waals surface area contributed by atoms with E-state index in [-0.39, 0.29) is 25.5 Å². The largest absolute Gasteiger partial charge is 0.465 e. The van der Waals surface area contributed by atoms with Gasteiger partial charge in [-0.15, -0.1) is 11.3 Å². The van der Waals surface area contributed by atoms with Crippen LogP contribution in [0.15, 0.2) is 78.4 Å². The van der Waals surface area contributed by atoms with E-state index in [0.29, 0.717) is 30.3 Å². The lowest BCUT2D eigenvalue weighted by Gasteiger charge is -2.38. The van der Waals surface area contributed by atoms with E-state index < -0.39 is 53.0 Å². The lowest BCUT2D eigenvalue weighted by molar-refractivity contribution is -0.133. The SMILES string of the molecule is Cc1cccc(CN2CCN([C@H](C(=O)N[C@@H](Cc3ccccc3)[C@@H](O)CN(Cc3csc(-c4cccnc4)n3)NC(=O)[C@@H](NC(=O)O)C(C)(C)C)C(C)(C)C)C2=O)n1. The monoisotopic (exact) mass is 813 g/mol. The summed E-state index contributed by atoms with van der Waals surface area (Å²) in [5, 5.41) is 31.1. The molecular weight excluding hydrogens is 759 g/mol. The maximum Gasteiger partial charge on any atom is 0.405 e. The molecule has 0 spiro atoms. The number of hydrogen-bond acceptors (Lipinski definition) is 10. The normalized spacial score (nSPS) is 15.5. The van der Waals surface area contributed by atoms with Gasteiger partial charge in [-0.1, -0.05) is 77.9 Å². The minimum absolute atomic E-state index is 0.0496. The van der Waals surface area contributed by atoms with E-state index in [1.54, 1.807) is 43.0 Å². The molecular formula is C42H55N9O6S. The first kappa shape index (κ1) is 43.7. The van der Waals surface area contributed by atoms with Crippen molar-refractivity contribution in [3.63, 3.8) is 0 Å². The number of nitrogens with zero attached hydrogens (tertiary/aromatic N) is 6. The zero-order valence-electron chi connectivity index (χ0n) is 34.2. The fraction of sp³-hybridized carbons (Fsp3) is 0.452. The van der Waals surface area contributed by atoms with Crippen LogP contribution in [0.2, 0.25) is 0 Å². The van der Waals surface area contributed by atoms with Gasteiger partial charge in [-0.2, -0.15) is 0 Å². The molecule has 5 amide bonds. The average Bonchev–Trinajstić information content (AvgIpc) is 3.76. The molecule has 15 nitrogen and oxygen atoms in total. The summed E-state index contributed by atoms with van der Waals surface area (Å²) in [6, 6.07) is 15.6. The minimum Gasteiger partial charge on any atom is -0.465 e. The van der Waals surface area contributed by atoms with Crippen molar-refractivity contribution in [1.29, 1.82) is 0 Å². The molecule has 1 fully saturated rings. The second kappa shape index (κ2) is 18.9. The van der Waals surface area contributed by atoms with Crippen LogP contribution in [0.5, 0.6) is 0 Å². The molecule has 1 aliphatic heterocycles. The van der Waals surface area contributed by atoms with Crippen molar-refractivity contribution in [2.75, 3.05) is 19.6 Å². The van der Waals surface area contributed by atoms with Gasteiger partial charge in [0.2, 0.25) is 5.91 Å². The molecule has 0 saturated carbocycles. The molecule has 3 aromatic heterocycles. The van der Waals surface area contributed by atoms with Gasteiger partial charge in [0.1, 0.15) is 17.1 Å². The molecule has 16 heteroatoms. The topological polar surface area (TPSA) is 193 Å². The Labute approximate surface area is 343 Å². The van der Waals surface area contributed by atoms with E-state index in [9.17, 15) is 29.4 Å². The van der Waals surface area contributed by atoms with Crippen LogP contribution in [-0.4, -0.2) is 108 Å². The van der Waals surface area contributed by atoms with Crippen molar-refractivity contribution in [3.8, 4) is 10.6 Å². The lowest BCUT2D eigenvalue weighted by Crippen LogP contribution is -2.61. The molecule has 0 unspecified atom stereocenters. The van der Waals surface area contributed by atoms with E-state index in [1.807, 2.05) is 93.7 Å². The average molecular weight is 814 g/mol. The van der Waals surface area contributed by atoms with Crippen molar-refractivity contribution in [1.82, 2.24) is 45.8 Å². The third-order valence-electron chi connectivity index (χ3n) is 9.78. The molecule has 5 N–H and O–H groups in total. The number of carboxylic acid groups (broad SMARTS) is 1. The number of carbonyl (C=O) groups excluding carboxylic acids is 3. The lowest BCUT2D eigenvalue weighted by atomic mass is 9.84. The van der Waals surface area contributed by atoms with E-state index in [4.69, 9.17) is 4.98 Å². The third-order valence-corrected chi connectivity index (χ3v) is 10.7. The maximum absolute atomic E-state index is 14.5. The summed E-state index contributed by atoms with van der Waals surface area (Å²) < 4.78 is 0. The number of aliphatic hydroxyl groups is 1. The first-order chi connectivity index (χ1) is 27.4. The standard InChI is InChI=1S/C42H55N9O6S/c1-27-13-11-17-30(44-27)23-49-19-20-51(40(49)57)35(42(5,6)7)37(54)46-32(21-28-14-9-8-10-15-28)33(52)25-50(48-36(53)34(41(2,3)4)47-39(55)56)24-31-26-58-38(45-31)29-16-12-18-43-22-29/h8-18,22,26,32-35,47,52H,19-21,23-25H2,1-7H3,(H,46,54)(H,48,53)(H,55,56)/t32-,33-,34+,35+/m0/s1. The van der Waals surface area contributed by atoms with Gasteiger partial charge in [0.15, 0.2) is 0 Å². The number of hydrazine groups is 1. The number of pyridine rings is 2. The molecule has 0 bridgehead atoms. The Bertz CT molecular complexity index is 2020. The highest BCUT2D eigenvalue weighted by Gasteiger charge is 2.44. The van der Waals surface area contributed by atoms with E-state index in [2.05, 4.69) is 26.0 Å². The molecule has 58 heavy (non-hydrogen) atoms. The van der Waals surface area contributed by atoms with Gasteiger partial charge in [0.25, 0.3) is 5.91 Å². The number of carbonyl (C=O) groups is 4. The van der Waals surface area contributed by atoms with Gasteiger partial charge in [0, 0.05) is 48.7 Å². The molecule has 4 heterocycles. The second-order valence-electron chi connectivity index (χ2n) is 16.8. The van der Waals surface area contributed by atoms with Crippen molar-refractivity contribution in [2.45, 2.75) is 92.2 Å². The molecule has 5 rings (SSSR count). The summed E-state index contributed by atoms with van der Waals surface area (Å²) in [4.78, 5) is 70.7. The van der Waals surface area contributed by atoms with Crippen molar-refractivity contribution >= 4 is 35.3 Å². The van der Waals surface area contributed by atoms with Crippen molar-refractivity contribution < 1.29 is 29.4 Å². The van der Waals surface area contributed by atoms with Crippen LogP contribution in [-0.2, 0) is 29.1 Å². The number of aryl methyl sites for hydroxylation is 1. The predicted octanol–water partition coefficient (Wildman–Crippen LogP) is 4.86. The maximum atomic E-state index is 14.5. The summed E-state index contributed by atoms with van der Waals surface area (Å²) in [7, 11) is 0. The summed E-state index contributed by atoms with van der Waals surface area (Å²) >= 11 is 1.40. The highest BCUT2D eigenvalue weighted by atomic mass is 32.1. The fourth-order valence-electron chi connectivity index (χ4n) is 7.00. The van der Waals surface area contributed by atoms with Crippen LogP contribution in [0.4, 0.5) is 9.59 Å². The number of thiazole rings is 1. The first-order valence-electron chi connectivity index (χ1n) is 19.3. The Morgan fingerprint density at radius 3 is 2.28 bits per heavy atom. The summed E-state index contributed by atoms with van der Waals surface area (Å²) in [6.45, 7) is 13.8. The third kappa shape index (κ3) is 11.8. The van der Waals surface area contributed by atoms with Gasteiger partial charge in [-0.05, 0) is 54.0 Å². The van der Waals surface area contributed by atoms with Gasteiger partial charge in [-0.25, -0.2) is 19.6 Å². The molecule has 1 saturated heterocycles. The van der Waals surface area contributed by atoms with E-state index >= 15 is 0 Å². The number of urea groups is 1. The van der Waals surface area contributed by atoms with E-state index in [0.717, 1.165) is 22.5 Å². The second-order valence-corrected chi connectivity index (χ2v) is 17.7. The smallest absolute Gasteiger partial charge is 0.405 e. The van der Waals surface area contributed by atoms with Crippen LogP contribution in [0.1, 0.15) is 64.2 Å². The number of hydrogen-bond donors (Lipinski definition) is 5. The number of rotatable bonds is 16. The highest BCUT2D eigenvalue weighted by molar-refractivity contribution is 7.13. The molecule has 4 atom stereocenters. The molecule has 310 valence electrons. The van der Waals surface area contributed by atoms with Crippen LogP contribution in [0, 0.1) is 17.8 Å². The summed E-state index contributed by atoms with van der Waals surface area (Å²) in [5.74, 6) is -1.05. The zero-order chi connectivity index (χ0) is 42.2. The van der Waals surface area contributed by atoms with Crippen molar-refractivity contribution in [2.24, 2.45) is 10.8 Å². The Morgan fingerprint density at radius 1 is 0.897 bits per heavy atom. The molecule has 1 aromatic carbocycles. The Kier molecular flexibility index (Phi) is 14.2. The molecule has 1 aliphatic rings. The van der Waals surface area contributed by atoms with Crippen LogP contribution < -0.4 is 16.1 Å². The summed E-state index contributed by atoms with van der Waals surface area (Å²) in [6.07, 6.45) is 0.990.